The van der Waals surface area contributed by atoms with Crippen molar-refractivity contribution in [1.29, 1.82) is 0 Å². The Morgan fingerprint density at radius 3 is 1.38 bits per heavy atom. The third-order valence-corrected chi connectivity index (χ3v) is 4.33. The average molecular weight is 354 g/mol. The number of carbonyl (C=O) groups is 4. The van der Waals surface area contributed by atoms with Crippen LogP contribution in [0.4, 0.5) is 21.0 Å². The maximum absolute atomic E-state index is 13.0. The van der Waals surface area contributed by atoms with Gasteiger partial charge in [0.05, 0.1) is 22.5 Å². The second kappa shape index (κ2) is 5.99. The number of rotatable bonds is 2. The van der Waals surface area contributed by atoms with Crippen LogP contribution in [0.25, 0.3) is 0 Å². The van der Waals surface area contributed by atoms with Gasteiger partial charge in [-0.3, -0.25) is 19.4 Å². The number of ketones is 2. The van der Waals surface area contributed by atoms with Crippen molar-refractivity contribution in [3.63, 3.8) is 0 Å². The first kappa shape index (κ1) is 17.2. The molecule has 8 heteroatoms. The average Bonchev–Trinajstić information content (AvgIpc) is 2.63. The summed E-state index contributed by atoms with van der Waals surface area (Å²) in [5, 5.41) is 18.6. The highest BCUT2D eigenvalue weighted by Crippen LogP contribution is 2.38. The quantitative estimate of drug-likeness (QED) is 0.731. The van der Waals surface area contributed by atoms with Gasteiger partial charge in [-0.05, 0) is 12.1 Å². The monoisotopic (exact) mass is 354 g/mol. The zero-order valence-electron chi connectivity index (χ0n) is 13.9. The second-order valence-electron chi connectivity index (χ2n) is 5.74. The summed E-state index contributed by atoms with van der Waals surface area (Å²) in [6.45, 7) is 0. The molecular weight excluding hydrogens is 340 g/mol. The van der Waals surface area contributed by atoms with Crippen molar-refractivity contribution in [3.8, 4) is 0 Å². The first-order valence-corrected chi connectivity index (χ1v) is 7.54. The summed E-state index contributed by atoms with van der Waals surface area (Å²) in [4.78, 5) is 50.4. The molecule has 0 fully saturated rings. The van der Waals surface area contributed by atoms with Gasteiger partial charge in [0.1, 0.15) is 0 Å². The van der Waals surface area contributed by atoms with Gasteiger partial charge < -0.3 is 10.2 Å². The van der Waals surface area contributed by atoms with Crippen LogP contribution in [0.2, 0.25) is 0 Å². The lowest BCUT2D eigenvalue weighted by Gasteiger charge is -2.27. The van der Waals surface area contributed by atoms with Crippen molar-refractivity contribution in [3.05, 3.63) is 58.7 Å². The molecule has 0 atom stereocenters. The van der Waals surface area contributed by atoms with Gasteiger partial charge in [0.15, 0.2) is 11.6 Å². The molecule has 0 saturated carbocycles. The van der Waals surface area contributed by atoms with Crippen LogP contribution in [0.5, 0.6) is 0 Å². The number of carboxylic acid groups (broad SMARTS) is 2. The maximum atomic E-state index is 13.0. The lowest BCUT2D eigenvalue weighted by molar-refractivity contribution is 0.0979. The highest BCUT2D eigenvalue weighted by atomic mass is 16.4. The van der Waals surface area contributed by atoms with Crippen molar-refractivity contribution < 1.29 is 29.4 Å². The SMILES string of the molecule is CN(C(=O)O)c1ccc(N(C)C(=O)O)c2c1C(=O)c1ccccc1C2=O. The van der Waals surface area contributed by atoms with E-state index >= 15 is 0 Å². The highest BCUT2D eigenvalue weighted by molar-refractivity contribution is 6.32. The molecule has 8 nitrogen and oxygen atoms in total. The first-order chi connectivity index (χ1) is 12.3. The topological polar surface area (TPSA) is 115 Å². The van der Waals surface area contributed by atoms with Gasteiger partial charge in [0.25, 0.3) is 0 Å². The van der Waals surface area contributed by atoms with E-state index in [1.165, 1.54) is 38.4 Å². The van der Waals surface area contributed by atoms with Gasteiger partial charge in [-0.25, -0.2) is 9.59 Å². The first-order valence-electron chi connectivity index (χ1n) is 7.54. The van der Waals surface area contributed by atoms with Crippen LogP contribution in [-0.4, -0.2) is 48.1 Å². The molecule has 0 heterocycles. The minimum absolute atomic E-state index is 0.0166. The Bertz CT molecular complexity index is 904. The molecule has 0 bridgehead atoms. The van der Waals surface area contributed by atoms with Crippen molar-refractivity contribution in [1.82, 2.24) is 0 Å². The highest BCUT2D eigenvalue weighted by Gasteiger charge is 2.36. The molecule has 132 valence electrons. The molecule has 1 aliphatic rings. The number of anilines is 2. The van der Waals surface area contributed by atoms with Gasteiger partial charge >= 0.3 is 12.2 Å². The van der Waals surface area contributed by atoms with Crippen LogP contribution in [0.1, 0.15) is 31.8 Å². The summed E-state index contributed by atoms with van der Waals surface area (Å²) >= 11 is 0. The van der Waals surface area contributed by atoms with Crippen LogP contribution < -0.4 is 9.80 Å². The van der Waals surface area contributed by atoms with E-state index in [1.807, 2.05) is 0 Å². The normalized spacial score (nSPS) is 12.2. The minimum Gasteiger partial charge on any atom is -0.465 e. The summed E-state index contributed by atoms with van der Waals surface area (Å²) in [6.07, 6.45) is -2.63. The predicted molar refractivity (Wildman–Crippen MR) is 92.6 cm³/mol. The van der Waals surface area contributed by atoms with E-state index in [0.717, 1.165) is 9.80 Å². The molecule has 1 aliphatic carbocycles. The molecule has 0 spiro atoms. The summed E-state index contributed by atoms with van der Waals surface area (Å²) in [7, 11) is 2.49. The van der Waals surface area contributed by atoms with Crippen LogP contribution in [0, 0.1) is 0 Å². The maximum Gasteiger partial charge on any atom is 0.411 e. The summed E-state index contributed by atoms with van der Waals surface area (Å²) in [6, 6.07) is 8.81. The van der Waals surface area contributed by atoms with Crippen LogP contribution >= 0.6 is 0 Å². The van der Waals surface area contributed by atoms with Crippen molar-refractivity contribution in [2.24, 2.45) is 0 Å². The Morgan fingerprint density at radius 2 is 1.08 bits per heavy atom. The molecule has 2 amide bonds. The largest absolute Gasteiger partial charge is 0.465 e. The van der Waals surface area contributed by atoms with Crippen LogP contribution in [0.3, 0.4) is 0 Å². The Labute approximate surface area is 147 Å². The molecule has 0 radical (unpaired) electrons. The number of carbonyl (C=O) groups excluding carboxylic acids is 2. The molecule has 26 heavy (non-hydrogen) atoms. The number of nitrogens with zero attached hydrogens (tertiary/aromatic N) is 2. The third kappa shape index (κ3) is 2.39. The molecule has 2 aromatic rings. The number of benzene rings is 2. The van der Waals surface area contributed by atoms with E-state index in [2.05, 4.69) is 0 Å². The Morgan fingerprint density at radius 1 is 0.731 bits per heavy atom. The standard InChI is InChI=1S/C18H14N2O6/c1-19(17(23)24)11-7-8-12(20(2)18(25)26)14-13(11)15(21)9-5-3-4-6-10(9)16(14)22/h3-8H,1-2H3,(H,23,24)(H,25,26). The molecular formula is C18H14N2O6. The lowest BCUT2D eigenvalue weighted by atomic mass is 9.82. The number of hydrogen-bond donors (Lipinski definition) is 2. The van der Waals surface area contributed by atoms with E-state index in [9.17, 15) is 29.4 Å². The lowest BCUT2D eigenvalue weighted by Crippen LogP contribution is -2.32. The molecule has 2 aromatic carbocycles. The molecule has 0 aliphatic heterocycles. The summed E-state index contributed by atoms with van der Waals surface area (Å²) in [5.74, 6) is -1.06. The van der Waals surface area contributed by atoms with E-state index in [0.29, 0.717) is 0 Å². The Balaban J connectivity index is 2.38. The number of hydrogen-bond acceptors (Lipinski definition) is 4. The van der Waals surface area contributed by atoms with Crippen LogP contribution in [-0.2, 0) is 0 Å². The second-order valence-corrected chi connectivity index (χ2v) is 5.74. The van der Waals surface area contributed by atoms with E-state index < -0.39 is 23.8 Å². The summed E-state index contributed by atoms with van der Waals surface area (Å²) in [5.41, 5.74) is 0.0968. The molecule has 3 rings (SSSR count). The van der Waals surface area contributed by atoms with E-state index in [1.54, 1.807) is 12.1 Å². The smallest absolute Gasteiger partial charge is 0.411 e. The summed E-state index contributed by atoms with van der Waals surface area (Å²) < 4.78 is 0. The van der Waals surface area contributed by atoms with E-state index in [-0.39, 0.29) is 33.6 Å². The Hall–Kier alpha value is -3.68. The molecule has 0 saturated heterocycles. The zero-order valence-corrected chi connectivity index (χ0v) is 13.9. The van der Waals surface area contributed by atoms with Gasteiger partial charge in [0, 0.05) is 25.2 Å². The zero-order chi connectivity index (χ0) is 19.2. The Kier molecular flexibility index (Phi) is 3.96. The van der Waals surface area contributed by atoms with Gasteiger partial charge in [0.2, 0.25) is 0 Å². The fourth-order valence-electron chi connectivity index (χ4n) is 2.95. The molecule has 0 unspecified atom stereocenters. The van der Waals surface area contributed by atoms with Gasteiger partial charge in [-0.15, -0.1) is 0 Å². The van der Waals surface area contributed by atoms with Crippen molar-refractivity contribution in [2.75, 3.05) is 23.9 Å². The van der Waals surface area contributed by atoms with Crippen molar-refractivity contribution >= 4 is 35.1 Å². The number of amides is 2. The predicted octanol–water partition coefficient (Wildman–Crippen LogP) is 2.69. The molecule has 2 N–H and O–H groups in total. The van der Waals surface area contributed by atoms with E-state index in [4.69, 9.17) is 0 Å². The molecule has 0 aromatic heterocycles. The van der Waals surface area contributed by atoms with Crippen LogP contribution in [0.15, 0.2) is 36.4 Å². The fraction of sp³-hybridized carbons (Fsp3) is 0.111. The van der Waals surface area contributed by atoms with Gasteiger partial charge in [-0.2, -0.15) is 0 Å². The minimum atomic E-state index is -1.31. The third-order valence-electron chi connectivity index (χ3n) is 4.33. The fourth-order valence-corrected chi connectivity index (χ4v) is 2.95. The van der Waals surface area contributed by atoms with Gasteiger partial charge in [-0.1, -0.05) is 24.3 Å². The number of fused-ring (bicyclic) bond motifs is 2. The van der Waals surface area contributed by atoms with Crippen molar-refractivity contribution in [2.45, 2.75) is 0 Å².